The first kappa shape index (κ1) is 15.5. The Kier molecular flexibility index (Phi) is 4.07. The molecule has 0 spiro atoms. The Morgan fingerprint density at radius 1 is 1.26 bits per heavy atom. The van der Waals surface area contributed by atoms with Crippen LogP contribution in [0.15, 0.2) is 24.5 Å². The normalized spacial score (nSPS) is 11.6. The van der Waals surface area contributed by atoms with Gasteiger partial charge in [0.15, 0.2) is 5.65 Å². The number of nitrogens with zero attached hydrogens (tertiary/aromatic N) is 6. The van der Waals surface area contributed by atoms with E-state index in [1.54, 1.807) is 0 Å². The Balaban J connectivity index is 1.90. The third-order valence-electron chi connectivity index (χ3n) is 4.03. The molecule has 0 aromatic carbocycles. The molecule has 6 heteroatoms. The van der Waals surface area contributed by atoms with Crippen LogP contribution in [-0.4, -0.2) is 38.0 Å². The van der Waals surface area contributed by atoms with Gasteiger partial charge in [-0.3, -0.25) is 4.68 Å². The summed E-state index contributed by atoms with van der Waals surface area (Å²) < 4.78 is 3.78. The molecule has 0 radical (unpaired) electrons. The average Bonchev–Trinajstić information content (AvgIpc) is 3.07. The average molecular weight is 312 g/mol. The van der Waals surface area contributed by atoms with Crippen molar-refractivity contribution in [3.05, 3.63) is 41.5 Å². The fourth-order valence-corrected chi connectivity index (χ4v) is 2.67. The second-order valence-corrected chi connectivity index (χ2v) is 6.44. The minimum absolute atomic E-state index is 0.390. The van der Waals surface area contributed by atoms with E-state index in [1.807, 2.05) is 35.4 Å². The number of aromatic nitrogens is 5. The van der Waals surface area contributed by atoms with Gasteiger partial charge in [-0.25, -0.2) is 4.98 Å². The molecule has 0 bridgehead atoms. The molecule has 0 aliphatic rings. The molecule has 3 aromatic heterocycles. The molecule has 0 saturated carbocycles. The highest BCUT2D eigenvalue weighted by atomic mass is 15.3. The molecule has 122 valence electrons. The smallest absolute Gasteiger partial charge is 0.157 e. The number of hydrogen-bond acceptors (Lipinski definition) is 4. The van der Waals surface area contributed by atoms with Crippen LogP contribution in [0.1, 0.15) is 36.7 Å². The van der Waals surface area contributed by atoms with E-state index in [9.17, 15) is 0 Å². The monoisotopic (exact) mass is 312 g/mol. The van der Waals surface area contributed by atoms with E-state index in [0.29, 0.717) is 5.92 Å². The van der Waals surface area contributed by atoms with E-state index < -0.39 is 0 Å². The number of rotatable bonds is 5. The van der Waals surface area contributed by atoms with Crippen molar-refractivity contribution in [2.45, 2.75) is 33.1 Å². The summed E-state index contributed by atoms with van der Waals surface area (Å²) in [7, 11) is 4.05. The number of hydrogen-bond donors (Lipinski definition) is 0. The van der Waals surface area contributed by atoms with Crippen LogP contribution in [0.4, 0.5) is 5.82 Å². The number of fused-ring (bicyclic) bond motifs is 1. The zero-order valence-corrected chi connectivity index (χ0v) is 14.5. The highest BCUT2D eigenvalue weighted by Crippen LogP contribution is 2.22. The Bertz CT molecular complexity index is 814. The van der Waals surface area contributed by atoms with E-state index in [2.05, 4.69) is 48.3 Å². The van der Waals surface area contributed by atoms with Crippen LogP contribution >= 0.6 is 0 Å². The molecule has 0 amide bonds. The maximum atomic E-state index is 4.72. The van der Waals surface area contributed by atoms with Crippen molar-refractivity contribution in [3.8, 4) is 0 Å². The maximum Gasteiger partial charge on any atom is 0.157 e. The second-order valence-electron chi connectivity index (χ2n) is 6.44. The van der Waals surface area contributed by atoms with Crippen molar-refractivity contribution in [1.82, 2.24) is 24.4 Å². The molecule has 0 aliphatic carbocycles. The summed E-state index contributed by atoms with van der Waals surface area (Å²) >= 11 is 0. The van der Waals surface area contributed by atoms with Gasteiger partial charge in [0.2, 0.25) is 0 Å². The molecule has 0 atom stereocenters. The molecule has 3 rings (SSSR count). The fourth-order valence-electron chi connectivity index (χ4n) is 2.67. The number of likely N-dealkylation sites (N-methyl/N-ethyl adjacent to an activating group) is 1. The lowest BCUT2D eigenvalue weighted by atomic mass is 10.1. The van der Waals surface area contributed by atoms with Crippen molar-refractivity contribution in [1.29, 1.82) is 0 Å². The van der Waals surface area contributed by atoms with Crippen molar-refractivity contribution in [3.63, 3.8) is 0 Å². The summed E-state index contributed by atoms with van der Waals surface area (Å²) in [6.07, 6.45) is 4.94. The van der Waals surface area contributed by atoms with Crippen molar-refractivity contribution in [2.75, 3.05) is 18.5 Å². The maximum absolute atomic E-state index is 4.72. The van der Waals surface area contributed by atoms with Gasteiger partial charge >= 0.3 is 0 Å². The summed E-state index contributed by atoms with van der Waals surface area (Å²) in [5.41, 5.74) is 4.24. The quantitative estimate of drug-likeness (QED) is 0.726. The van der Waals surface area contributed by atoms with Gasteiger partial charge in [0.25, 0.3) is 0 Å². The Morgan fingerprint density at radius 2 is 2.04 bits per heavy atom. The van der Waals surface area contributed by atoms with Gasteiger partial charge in [0, 0.05) is 44.7 Å². The van der Waals surface area contributed by atoms with E-state index >= 15 is 0 Å². The van der Waals surface area contributed by atoms with Gasteiger partial charge in [0.05, 0.1) is 11.9 Å². The molecular weight excluding hydrogens is 288 g/mol. The van der Waals surface area contributed by atoms with E-state index in [-0.39, 0.29) is 0 Å². The molecule has 0 saturated heterocycles. The Hall–Kier alpha value is -2.37. The van der Waals surface area contributed by atoms with Gasteiger partial charge in [-0.15, -0.1) is 0 Å². The molecule has 3 aromatic rings. The fraction of sp³-hybridized carbons (Fsp3) is 0.471. The molecular formula is C17H24N6. The minimum atomic E-state index is 0.390. The first-order chi connectivity index (χ1) is 10.9. The third kappa shape index (κ3) is 3.21. The van der Waals surface area contributed by atoms with Gasteiger partial charge in [-0.1, -0.05) is 13.8 Å². The zero-order chi connectivity index (χ0) is 16.6. The highest BCUT2D eigenvalue weighted by molar-refractivity contribution is 5.52. The van der Waals surface area contributed by atoms with Crippen molar-refractivity contribution < 1.29 is 0 Å². The van der Waals surface area contributed by atoms with Crippen LogP contribution in [0.25, 0.3) is 5.65 Å². The molecule has 6 nitrogen and oxygen atoms in total. The molecule has 0 unspecified atom stereocenters. The van der Waals surface area contributed by atoms with Crippen LogP contribution in [0.5, 0.6) is 0 Å². The first-order valence-electron chi connectivity index (χ1n) is 8.00. The van der Waals surface area contributed by atoms with Crippen molar-refractivity contribution >= 4 is 11.5 Å². The Labute approximate surface area is 136 Å². The van der Waals surface area contributed by atoms with E-state index in [4.69, 9.17) is 4.98 Å². The lowest BCUT2D eigenvalue weighted by Gasteiger charge is -2.21. The second kappa shape index (κ2) is 6.02. The molecule has 0 aliphatic heterocycles. The molecule has 23 heavy (non-hydrogen) atoms. The van der Waals surface area contributed by atoms with Gasteiger partial charge in [-0.2, -0.15) is 14.7 Å². The first-order valence-corrected chi connectivity index (χ1v) is 8.00. The summed E-state index contributed by atoms with van der Waals surface area (Å²) in [6, 6.07) is 4.18. The predicted molar refractivity (Wildman–Crippen MR) is 92.0 cm³/mol. The topological polar surface area (TPSA) is 51.2 Å². The summed E-state index contributed by atoms with van der Waals surface area (Å²) in [5, 5.41) is 8.82. The lowest BCUT2D eigenvalue weighted by molar-refractivity contribution is 0.764. The zero-order valence-electron chi connectivity index (χ0n) is 14.5. The minimum Gasteiger partial charge on any atom is -0.359 e. The number of aryl methyl sites for hydroxylation is 2. The van der Waals surface area contributed by atoms with Crippen LogP contribution in [0, 0.1) is 6.92 Å². The van der Waals surface area contributed by atoms with Gasteiger partial charge in [-0.05, 0) is 24.8 Å². The summed E-state index contributed by atoms with van der Waals surface area (Å²) in [5.74, 6) is 1.47. The van der Waals surface area contributed by atoms with Crippen LogP contribution in [-0.2, 0) is 13.5 Å². The van der Waals surface area contributed by atoms with Crippen LogP contribution in [0.2, 0.25) is 0 Å². The highest BCUT2D eigenvalue weighted by Gasteiger charge is 2.13. The predicted octanol–water partition coefficient (Wildman–Crippen LogP) is 2.57. The standard InChI is InChI=1S/C17H24N6/c1-12(2)15-9-17(23-16(19-15)8-13(3)20-23)21(4)7-6-14-10-18-22(5)11-14/h8-12H,6-7H2,1-5H3. The SMILES string of the molecule is Cc1cc2nc(C(C)C)cc(N(C)CCc3cnn(C)c3)n2n1. The lowest BCUT2D eigenvalue weighted by Crippen LogP contribution is -2.23. The third-order valence-corrected chi connectivity index (χ3v) is 4.03. The summed E-state index contributed by atoms with van der Waals surface area (Å²) in [6.45, 7) is 7.24. The largest absolute Gasteiger partial charge is 0.359 e. The van der Waals surface area contributed by atoms with Gasteiger partial charge < -0.3 is 4.90 Å². The summed E-state index contributed by atoms with van der Waals surface area (Å²) in [4.78, 5) is 6.96. The number of anilines is 1. The van der Waals surface area contributed by atoms with Crippen molar-refractivity contribution in [2.24, 2.45) is 7.05 Å². The van der Waals surface area contributed by atoms with Gasteiger partial charge in [0.1, 0.15) is 5.82 Å². The van der Waals surface area contributed by atoms with E-state index in [0.717, 1.165) is 35.8 Å². The molecule has 0 N–H and O–H groups in total. The van der Waals surface area contributed by atoms with Crippen LogP contribution < -0.4 is 4.90 Å². The molecule has 0 fully saturated rings. The van der Waals surface area contributed by atoms with Crippen LogP contribution in [0.3, 0.4) is 0 Å². The Morgan fingerprint density at radius 3 is 2.70 bits per heavy atom. The van der Waals surface area contributed by atoms with E-state index in [1.165, 1.54) is 5.56 Å². The molecule has 3 heterocycles.